The molecule has 0 aliphatic rings. The van der Waals surface area contributed by atoms with E-state index < -0.39 is 5.97 Å². The molecule has 0 amide bonds. The molecule has 0 aromatic heterocycles. The number of fused-ring (bicyclic) bond motifs is 2. The fourth-order valence-corrected chi connectivity index (χ4v) is 2.86. The number of hydrogen-bond donors (Lipinski definition) is 0. The molecule has 3 heteroatoms. The molecule has 0 saturated heterocycles. The van der Waals surface area contributed by atoms with Crippen molar-refractivity contribution in [2.24, 2.45) is 0 Å². The van der Waals surface area contributed by atoms with Crippen molar-refractivity contribution in [3.05, 3.63) is 90.5 Å². The molecule has 0 fully saturated rings. The third kappa shape index (κ3) is 3.45. The van der Waals surface area contributed by atoms with Gasteiger partial charge in [-0.3, -0.25) is 9.78 Å². The number of rotatable bonds is 4. The van der Waals surface area contributed by atoms with Crippen LogP contribution >= 0.6 is 0 Å². The van der Waals surface area contributed by atoms with Crippen LogP contribution in [0.2, 0.25) is 0 Å². The molecular formula is C22H16O3. The highest BCUT2D eigenvalue weighted by Gasteiger charge is 2.08. The van der Waals surface area contributed by atoms with E-state index in [0.29, 0.717) is 5.75 Å². The fourth-order valence-electron chi connectivity index (χ4n) is 2.86. The zero-order valence-corrected chi connectivity index (χ0v) is 13.5. The molecule has 0 aliphatic heterocycles. The Morgan fingerprint density at radius 2 is 1.28 bits per heavy atom. The summed E-state index contributed by atoms with van der Waals surface area (Å²) in [6.07, 6.45) is 0.165. The van der Waals surface area contributed by atoms with E-state index in [2.05, 4.69) is 0 Å². The molecule has 4 aromatic rings. The van der Waals surface area contributed by atoms with Gasteiger partial charge in [0.2, 0.25) is 0 Å². The second-order valence-corrected chi connectivity index (χ2v) is 5.91. The van der Waals surface area contributed by atoms with Gasteiger partial charge in [0, 0.05) is 0 Å². The van der Waals surface area contributed by atoms with Gasteiger partial charge in [-0.05, 0) is 39.2 Å². The van der Waals surface area contributed by atoms with Crippen LogP contribution in [0.15, 0.2) is 84.9 Å². The minimum absolute atomic E-state index is 0.165. The topological polar surface area (TPSA) is 35.5 Å². The third-order valence-corrected chi connectivity index (χ3v) is 4.11. The molecule has 3 nitrogen and oxygen atoms in total. The molecule has 4 rings (SSSR count). The van der Waals surface area contributed by atoms with Crippen molar-refractivity contribution < 1.29 is 14.6 Å². The molecule has 0 spiro atoms. The summed E-state index contributed by atoms with van der Waals surface area (Å²) in [6, 6.07) is 27.5. The lowest BCUT2D eigenvalue weighted by Gasteiger charge is -2.06. The van der Waals surface area contributed by atoms with Crippen LogP contribution in [0.1, 0.15) is 5.56 Å². The second kappa shape index (κ2) is 6.65. The summed E-state index contributed by atoms with van der Waals surface area (Å²) in [5.41, 5.74) is 0.894. The highest BCUT2D eigenvalue weighted by molar-refractivity contribution is 5.85. The van der Waals surface area contributed by atoms with Crippen LogP contribution in [0, 0.1) is 0 Å². The highest BCUT2D eigenvalue weighted by Crippen LogP contribution is 2.21. The van der Waals surface area contributed by atoms with Crippen molar-refractivity contribution in [1.82, 2.24) is 0 Å². The summed E-state index contributed by atoms with van der Waals surface area (Å²) in [4.78, 5) is 22.2. The highest BCUT2D eigenvalue weighted by atomic mass is 17.2. The van der Waals surface area contributed by atoms with Crippen LogP contribution in [-0.2, 0) is 16.1 Å². The van der Waals surface area contributed by atoms with Crippen LogP contribution in [0.5, 0.6) is 5.75 Å². The lowest BCUT2D eigenvalue weighted by Crippen LogP contribution is -2.10. The Morgan fingerprint density at radius 3 is 2.00 bits per heavy atom. The fraction of sp³-hybridized carbons (Fsp3) is 0.0455. The predicted molar refractivity (Wildman–Crippen MR) is 98.3 cm³/mol. The minimum Gasteiger partial charge on any atom is -0.287 e. The van der Waals surface area contributed by atoms with E-state index in [1.54, 1.807) is 6.07 Å². The smallest absolute Gasteiger partial charge is 0.287 e. The normalized spacial score (nSPS) is 10.7. The summed E-state index contributed by atoms with van der Waals surface area (Å²) >= 11 is 0. The maximum Gasteiger partial charge on any atom is 0.359 e. The van der Waals surface area contributed by atoms with E-state index >= 15 is 0 Å². The molecule has 0 saturated carbocycles. The van der Waals surface area contributed by atoms with Gasteiger partial charge in [-0.2, -0.15) is 0 Å². The molecule has 122 valence electrons. The summed E-state index contributed by atoms with van der Waals surface area (Å²) in [5.74, 6) is 0.0778. The molecule has 0 unspecified atom stereocenters. The van der Waals surface area contributed by atoms with E-state index in [1.807, 2.05) is 78.9 Å². The number of carbonyl (C=O) groups is 1. The largest absolute Gasteiger partial charge is 0.359 e. The van der Waals surface area contributed by atoms with Crippen molar-refractivity contribution in [2.75, 3.05) is 0 Å². The van der Waals surface area contributed by atoms with Crippen molar-refractivity contribution in [2.45, 2.75) is 6.42 Å². The minimum atomic E-state index is -0.427. The predicted octanol–water partition coefficient (Wildman–Crippen LogP) is 5.07. The number of benzene rings is 4. The van der Waals surface area contributed by atoms with E-state index in [0.717, 1.165) is 27.1 Å². The van der Waals surface area contributed by atoms with Gasteiger partial charge in [0.25, 0.3) is 0 Å². The van der Waals surface area contributed by atoms with E-state index in [9.17, 15) is 4.79 Å². The third-order valence-electron chi connectivity index (χ3n) is 4.11. The number of carbonyl (C=O) groups excluding carboxylic acids is 1. The molecule has 4 aromatic carbocycles. The average Bonchev–Trinajstić information content (AvgIpc) is 2.66. The second-order valence-electron chi connectivity index (χ2n) is 5.91. The van der Waals surface area contributed by atoms with Crippen LogP contribution in [-0.4, -0.2) is 5.97 Å². The van der Waals surface area contributed by atoms with Gasteiger partial charge in [-0.25, -0.2) is 4.79 Å². The van der Waals surface area contributed by atoms with Crippen molar-refractivity contribution in [3.63, 3.8) is 0 Å². The first-order valence-electron chi connectivity index (χ1n) is 8.12. The summed E-state index contributed by atoms with van der Waals surface area (Å²) < 4.78 is 0. The van der Waals surface area contributed by atoms with Crippen molar-refractivity contribution >= 4 is 27.5 Å². The van der Waals surface area contributed by atoms with E-state index in [-0.39, 0.29) is 6.42 Å². The first kappa shape index (κ1) is 15.2. The van der Waals surface area contributed by atoms with Gasteiger partial charge in [0.15, 0.2) is 5.75 Å². The zero-order valence-electron chi connectivity index (χ0n) is 13.5. The molecular weight excluding hydrogens is 312 g/mol. The van der Waals surface area contributed by atoms with Gasteiger partial charge in [-0.15, -0.1) is 0 Å². The SMILES string of the molecule is O=C(Cc1ccc2ccccc2c1)OOc1ccc2ccccc2c1. The molecule has 0 bridgehead atoms. The van der Waals surface area contributed by atoms with Gasteiger partial charge in [-0.1, -0.05) is 72.8 Å². The molecule has 25 heavy (non-hydrogen) atoms. The van der Waals surface area contributed by atoms with Crippen molar-refractivity contribution in [3.8, 4) is 5.75 Å². The summed E-state index contributed by atoms with van der Waals surface area (Å²) in [7, 11) is 0. The lowest BCUT2D eigenvalue weighted by molar-refractivity contribution is -0.212. The number of hydrogen-bond acceptors (Lipinski definition) is 3. The van der Waals surface area contributed by atoms with Crippen molar-refractivity contribution in [1.29, 1.82) is 0 Å². The Kier molecular flexibility index (Phi) is 4.05. The van der Waals surface area contributed by atoms with Crippen LogP contribution in [0.3, 0.4) is 0 Å². The Labute approximate surface area is 145 Å². The Hall–Kier alpha value is -3.33. The first-order chi connectivity index (χ1) is 12.3. The Balaban J connectivity index is 1.42. The molecule has 0 aliphatic carbocycles. The van der Waals surface area contributed by atoms with Crippen LogP contribution in [0.25, 0.3) is 21.5 Å². The summed E-state index contributed by atoms with van der Waals surface area (Å²) in [6.45, 7) is 0. The Bertz CT molecular complexity index is 1050. The maximum atomic E-state index is 12.0. The standard InChI is InChI=1S/C22H16O3/c23-22(14-16-9-10-17-5-1-3-7-19(17)13-16)25-24-21-12-11-18-6-2-4-8-20(18)15-21/h1-13,15H,14H2. The zero-order chi connectivity index (χ0) is 17.1. The Morgan fingerprint density at radius 1 is 0.680 bits per heavy atom. The lowest BCUT2D eigenvalue weighted by atomic mass is 10.1. The van der Waals surface area contributed by atoms with Gasteiger partial charge < -0.3 is 0 Å². The van der Waals surface area contributed by atoms with Crippen LogP contribution in [0.4, 0.5) is 0 Å². The first-order valence-corrected chi connectivity index (χ1v) is 8.12. The molecule has 0 N–H and O–H groups in total. The van der Waals surface area contributed by atoms with Crippen LogP contribution < -0.4 is 4.89 Å². The van der Waals surface area contributed by atoms with Gasteiger partial charge >= 0.3 is 5.97 Å². The molecule has 0 atom stereocenters. The molecule has 0 radical (unpaired) electrons. The van der Waals surface area contributed by atoms with E-state index in [1.165, 1.54) is 0 Å². The maximum absolute atomic E-state index is 12.0. The van der Waals surface area contributed by atoms with Gasteiger partial charge in [0.05, 0.1) is 6.42 Å². The average molecular weight is 328 g/mol. The van der Waals surface area contributed by atoms with E-state index in [4.69, 9.17) is 9.78 Å². The van der Waals surface area contributed by atoms with Gasteiger partial charge in [0.1, 0.15) is 0 Å². The quantitative estimate of drug-likeness (QED) is 0.387. The summed E-state index contributed by atoms with van der Waals surface area (Å²) in [5, 5.41) is 4.39. The monoisotopic (exact) mass is 328 g/mol. The molecule has 0 heterocycles.